The summed E-state index contributed by atoms with van der Waals surface area (Å²) < 4.78 is 0.472. The van der Waals surface area contributed by atoms with Gasteiger partial charge < -0.3 is 5.32 Å². The summed E-state index contributed by atoms with van der Waals surface area (Å²) in [6.45, 7) is 0. The Bertz CT molecular complexity index is 335. The molecular formula is C6H3BrClN3O. The van der Waals surface area contributed by atoms with E-state index in [0.29, 0.717) is 16.1 Å². The molecular weight excluding hydrogens is 245 g/mol. The summed E-state index contributed by atoms with van der Waals surface area (Å²) >= 11 is 8.79. The van der Waals surface area contributed by atoms with Crippen LogP contribution in [0.15, 0.2) is 4.60 Å². The Morgan fingerprint density at radius 3 is 3.00 bits per heavy atom. The minimum atomic E-state index is -0.0980. The zero-order valence-corrected chi connectivity index (χ0v) is 8.11. The first kappa shape index (κ1) is 7.94. The Morgan fingerprint density at radius 1 is 1.50 bits per heavy atom. The molecule has 0 bridgehead atoms. The number of carbonyl (C=O) groups is 1. The fourth-order valence-electron chi connectivity index (χ4n) is 0.978. The van der Waals surface area contributed by atoms with Gasteiger partial charge in [-0.3, -0.25) is 4.79 Å². The van der Waals surface area contributed by atoms with Gasteiger partial charge in [0, 0.05) is 0 Å². The van der Waals surface area contributed by atoms with Crippen molar-refractivity contribution >= 4 is 39.3 Å². The van der Waals surface area contributed by atoms with Crippen molar-refractivity contribution in [3.63, 3.8) is 0 Å². The first-order chi connectivity index (χ1) is 5.66. The van der Waals surface area contributed by atoms with Crippen LogP contribution in [-0.4, -0.2) is 15.9 Å². The maximum atomic E-state index is 10.9. The van der Waals surface area contributed by atoms with Gasteiger partial charge in [0.1, 0.15) is 4.60 Å². The van der Waals surface area contributed by atoms with Crippen LogP contribution in [0, 0.1) is 0 Å². The lowest BCUT2D eigenvalue weighted by Crippen LogP contribution is -2.04. The minimum Gasteiger partial charge on any atom is -0.309 e. The molecule has 1 amide bonds. The molecule has 0 fully saturated rings. The normalized spacial score (nSPS) is 14.3. The predicted octanol–water partition coefficient (Wildman–Crippen LogP) is 1.39. The SMILES string of the molecule is O=C1Cc2nc(Br)c(Cl)nc2N1. The lowest BCUT2D eigenvalue weighted by Gasteiger charge is -1.98. The predicted molar refractivity (Wildman–Crippen MR) is 47.1 cm³/mol. The molecule has 4 nitrogen and oxygen atoms in total. The maximum absolute atomic E-state index is 10.9. The van der Waals surface area contributed by atoms with Crippen LogP contribution in [0.25, 0.3) is 0 Å². The van der Waals surface area contributed by atoms with Crippen LogP contribution in [-0.2, 0) is 11.2 Å². The highest BCUT2D eigenvalue weighted by molar-refractivity contribution is 9.10. The molecule has 62 valence electrons. The van der Waals surface area contributed by atoms with E-state index in [9.17, 15) is 4.79 Å². The number of anilines is 1. The van der Waals surface area contributed by atoms with Crippen molar-refractivity contribution in [3.8, 4) is 0 Å². The van der Waals surface area contributed by atoms with Crippen LogP contribution in [0.4, 0.5) is 5.82 Å². The van der Waals surface area contributed by atoms with Gasteiger partial charge in [-0.25, -0.2) is 9.97 Å². The van der Waals surface area contributed by atoms with Crippen LogP contribution < -0.4 is 5.32 Å². The zero-order chi connectivity index (χ0) is 8.72. The number of hydrogen-bond acceptors (Lipinski definition) is 3. The highest BCUT2D eigenvalue weighted by Crippen LogP contribution is 2.25. The van der Waals surface area contributed by atoms with E-state index in [2.05, 4.69) is 31.2 Å². The zero-order valence-electron chi connectivity index (χ0n) is 5.77. The molecule has 1 N–H and O–H groups in total. The molecule has 2 rings (SSSR count). The summed E-state index contributed by atoms with van der Waals surface area (Å²) in [6.07, 6.45) is 0.276. The van der Waals surface area contributed by atoms with E-state index in [0.717, 1.165) is 0 Å². The standard InChI is InChI=1S/C6H3BrClN3O/c7-4-5(8)11-6-2(9-4)1-3(12)10-6/h1H2,(H,10,11,12). The van der Waals surface area contributed by atoms with E-state index in [4.69, 9.17) is 11.6 Å². The van der Waals surface area contributed by atoms with Crippen molar-refractivity contribution < 1.29 is 4.79 Å². The summed E-state index contributed by atoms with van der Waals surface area (Å²) in [5, 5.41) is 2.81. The Hall–Kier alpha value is -0.680. The van der Waals surface area contributed by atoms with Crippen molar-refractivity contribution in [2.75, 3.05) is 5.32 Å². The molecule has 0 spiro atoms. The van der Waals surface area contributed by atoms with Gasteiger partial charge in [0.25, 0.3) is 0 Å². The van der Waals surface area contributed by atoms with Gasteiger partial charge in [0.15, 0.2) is 11.0 Å². The lowest BCUT2D eigenvalue weighted by atomic mass is 10.3. The molecule has 1 aromatic heterocycles. The lowest BCUT2D eigenvalue weighted by molar-refractivity contribution is -0.115. The number of aromatic nitrogens is 2. The number of amides is 1. The maximum Gasteiger partial charge on any atom is 0.231 e. The molecule has 1 aromatic rings. The highest BCUT2D eigenvalue weighted by Gasteiger charge is 2.21. The third-order valence-corrected chi connectivity index (χ3v) is 2.52. The van der Waals surface area contributed by atoms with E-state index in [1.165, 1.54) is 0 Å². The van der Waals surface area contributed by atoms with Gasteiger partial charge in [0.2, 0.25) is 5.91 Å². The fraction of sp³-hybridized carbons (Fsp3) is 0.167. The van der Waals surface area contributed by atoms with Crippen molar-refractivity contribution in [3.05, 3.63) is 15.5 Å². The van der Waals surface area contributed by atoms with Crippen LogP contribution in [0.1, 0.15) is 5.69 Å². The molecule has 0 unspecified atom stereocenters. The quantitative estimate of drug-likeness (QED) is 0.755. The second kappa shape index (κ2) is 2.67. The first-order valence-electron chi connectivity index (χ1n) is 3.18. The molecule has 0 atom stereocenters. The van der Waals surface area contributed by atoms with Crippen molar-refractivity contribution in [1.29, 1.82) is 0 Å². The molecule has 0 radical (unpaired) electrons. The summed E-state index contributed by atoms with van der Waals surface area (Å²) in [4.78, 5) is 18.8. The molecule has 0 aliphatic carbocycles. The van der Waals surface area contributed by atoms with Gasteiger partial charge in [-0.15, -0.1) is 0 Å². The molecule has 1 aliphatic rings. The Balaban J connectivity index is 2.55. The van der Waals surface area contributed by atoms with E-state index < -0.39 is 0 Å². The van der Waals surface area contributed by atoms with Crippen molar-refractivity contribution in [2.45, 2.75) is 6.42 Å². The van der Waals surface area contributed by atoms with Gasteiger partial charge in [-0.1, -0.05) is 11.6 Å². The van der Waals surface area contributed by atoms with E-state index in [1.807, 2.05) is 0 Å². The van der Waals surface area contributed by atoms with Crippen LogP contribution in [0.3, 0.4) is 0 Å². The average molecular weight is 248 g/mol. The number of hydrogen-bond donors (Lipinski definition) is 1. The highest BCUT2D eigenvalue weighted by atomic mass is 79.9. The molecule has 0 saturated heterocycles. The Morgan fingerprint density at radius 2 is 2.25 bits per heavy atom. The van der Waals surface area contributed by atoms with E-state index in [1.54, 1.807) is 0 Å². The topological polar surface area (TPSA) is 54.9 Å². The number of rotatable bonds is 0. The molecule has 0 saturated carbocycles. The molecule has 2 heterocycles. The monoisotopic (exact) mass is 247 g/mol. The first-order valence-corrected chi connectivity index (χ1v) is 4.35. The minimum absolute atomic E-state index is 0.0980. The number of nitrogens with zero attached hydrogens (tertiary/aromatic N) is 2. The van der Waals surface area contributed by atoms with Gasteiger partial charge in [-0.2, -0.15) is 0 Å². The number of carbonyl (C=O) groups excluding carboxylic acids is 1. The molecule has 12 heavy (non-hydrogen) atoms. The summed E-state index contributed by atoms with van der Waals surface area (Å²) in [7, 11) is 0. The summed E-state index contributed by atoms with van der Waals surface area (Å²) in [5.74, 6) is 0.368. The second-order valence-corrected chi connectivity index (χ2v) is 3.43. The summed E-state index contributed by atoms with van der Waals surface area (Å²) in [5.41, 5.74) is 0.635. The number of halogens is 2. The smallest absolute Gasteiger partial charge is 0.231 e. The molecule has 1 aliphatic heterocycles. The summed E-state index contributed by atoms with van der Waals surface area (Å²) in [6, 6.07) is 0. The Labute approximate surface area is 81.5 Å². The van der Waals surface area contributed by atoms with E-state index in [-0.39, 0.29) is 17.5 Å². The molecule has 0 aromatic carbocycles. The number of fused-ring (bicyclic) bond motifs is 1. The van der Waals surface area contributed by atoms with Gasteiger partial charge in [-0.05, 0) is 15.9 Å². The largest absolute Gasteiger partial charge is 0.309 e. The average Bonchev–Trinajstić information content (AvgIpc) is 2.30. The van der Waals surface area contributed by atoms with Crippen molar-refractivity contribution in [2.24, 2.45) is 0 Å². The Kier molecular flexibility index (Phi) is 1.77. The van der Waals surface area contributed by atoms with Crippen molar-refractivity contribution in [1.82, 2.24) is 9.97 Å². The third kappa shape index (κ3) is 1.19. The molecule has 6 heteroatoms. The third-order valence-electron chi connectivity index (χ3n) is 1.47. The van der Waals surface area contributed by atoms with Gasteiger partial charge >= 0.3 is 0 Å². The fourth-order valence-corrected chi connectivity index (χ4v) is 1.41. The van der Waals surface area contributed by atoms with Crippen LogP contribution in [0.2, 0.25) is 5.15 Å². The van der Waals surface area contributed by atoms with Crippen LogP contribution in [0.5, 0.6) is 0 Å². The van der Waals surface area contributed by atoms with E-state index >= 15 is 0 Å². The van der Waals surface area contributed by atoms with Gasteiger partial charge in [0.05, 0.1) is 12.1 Å². The second-order valence-electron chi connectivity index (χ2n) is 2.33. The van der Waals surface area contributed by atoms with Crippen LogP contribution >= 0.6 is 27.5 Å². The number of nitrogens with one attached hydrogen (secondary N) is 1.